The van der Waals surface area contributed by atoms with E-state index in [1.54, 1.807) is 46.9 Å². The molecule has 1 atom stereocenters. The van der Waals surface area contributed by atoms with Crippen molar-refractivity contribution < 1.29 is 32.3 Å². The average molecular weight is 733 g/mol. The van der Waals surface area contributed by atoms with Crippen LogP contribution in [0.5, 0.6) is 0 Å². The molecule has 3 amide bonds. The zero-order valence-electron chi connectivity index (χ0n) is 30.4. The van der Waals surface area contributed by atoms with Crippen LogP contribution in [0.4, 0.5) is 4.79 Å². The second kappa shape index (κ2) is 17.2. The number of ether oxygens (including phenoxy) is 2. The summed E-state index contributed by atoms with van der Waals surface area (Å²) in [5.41, 5.74) is -0.0872. The second-order valence-corrected chi connectivity index (χ2v) is 16.3. The highest BCUT2D eigenvalue weighted by atomic mass is 35.5. The van der Waals surface area contributed by atoms with E-state index < -0.39 is 50.7 Å². The third-order valence-electron chi connectivity index (χ3n) is 8.95. The number of likely N-dealkylation sites (N-methyl/N-ethyl adjacent to an activating group) is 2. The summed E-state index contributed by atoms with van der Waals surface area (Å²) in [5.74, 6) is -1.10. The van der Waals surface area contributed by atoms with Gasteiger partial charge >= 0.3 is 6.09 Å². The van der Waals surface area contributed by atoms with Gasteiger partial charge in [-0.2, -0.15) is 4.31 Å². The van der Waals surface area contributed by atoms with Crippen LogP contribution in [0.25, 0.3) is 0 Å². The van der Waals surface area contributed by atoms with Crippen molar-refractivity contribution in [1.82, 2.24) is 19.8 Å². The standard InChI is InChI=1S/C37H53ClN4O7S/c1-9-11-20-28(23-38)31-29(37(21-16-13-17-22-37)41(8)50(31,46)47)24-42(10-2)32(43)30(26-48-25-27-18-14-12-15-19-27)39-33(44)36(6,7)40-34(45)49-35(3,4)5/h9,11-12,14-15,18-20,23,30H,1,10,13,16-17,21-22,24-26H2,2-8H3,(H,39,44)(H,40,45)/b20-11-,28-23-/t30-/m1/s1. The SMILES string of the molecule is C=C/C=C\C(=C\Cl)C1=C(CN(CC)C(=O)[C@@H](COCc2ccccc2)NC(=O)C(C)(C)NC(=O)OC(C)(C)C)C2(CCCCC2)N(C)S1(=O)=O. The molecule has 1 saturated carbocycles. The van der Waals surface area contributed by atoms with E-state index in [1.165, 1.54) is 34.7 Å². The molecule has 276 valence electrons. The van der Waals surface area contributed by atoms with Crippen LogP contribution in [0.2, 0.25) is 0 Å². The molecular weight excluding hydrogens is 680 g/mol. The molecule has 1 aliphatic carbocycles. The number of halogens is 1. The van der Waals surface area contributed by atoms with E-state index in [9.17, 15) is 22.8 Å². The minimum atomic E-state index is -3.98. The number of alkyl carbamates (subject to hydrolysis) is 1. The molecular formula is C37H53ClN4O7S. The van der Waals surface area contributed by atoms with Gasteiger partial charge in [-0.15, -0.1) is 0 Å². The zero-order chi connectivity index (χ0) is 37.3. The van der Waals surface area contributed by atoms with Crippen molar-refractivity contribution in [2.75, 3.05) is 26.7 Å². The van der Waals surface area contributed by atoms with Crippen molar-refractivity contribution in [1.29, 1.82) is 0 Å². The molecule has 2 N–H and O–H groups in total. The van der Waals surface area contributed by atoms with Gasteiger partial charge in [-0.1, -0.05) is 86.0 Å². The number of hydrogen-bond donors (Lipinski definition) is 2. The van der Waals surface area contributed by atoms with Gasteiger partial charge in [0.15, 0.2) is 0 Å². The van der Waals surface area contributed by atoms with Gasteiger partial charge in [0.25, 0.3) is 0 Å². The molecule has 3 rings (SSSR count). The molecule has 11 nitrogen and oxygen atoms in total. The Hall–Kier alpha value is -3.45. The first kappa shape index (κ1) is 41.0. The maximum absolute atomic E-state index is 14.5. The number of nitrogens with zero attached hydrogens (tertiary/aromatic N) is 2. The minimum Gasteiger partial charge on any atom is -0.444 e. The number of carbonyl (C=O) groups excluding carboxylic acids is 3. The largest absolute Gasteiger partial charge is 0.444 e. The molecule has 0 unspecified atom stereocenters. The monoisotopic (exact) mass is 732 g/mol. The first-order valence-electron chi connectivity index (χ1n) is 17.0. The lowest BCUT2D eigenvalue weighted by Gasteiger charge is -2.42. The molecule has 0 saturated heterocycles. The highest BCUT2D eigenvalue weighted by molar-refractivity contribution is 7.93. The summed E-state index contributed by atoms with van der Waals surface area (Å²) in [6.07, 6.45) is 7.78. The van der Waals surface area contributed by atoms with E-state index in [2.05, 4.69) is 17.2 Å². The first-order valence-corrected chi connectivity index (χ1v) is 18.9. The fraction of sp³-hybridized carbons (Fsp3) is 0.541. The summed E-state index contributed by atoms with van der Waals surface area (Å²) in [6, 6.07) is 8.24. The smallest absolute Gasteiger partial charge is 0.408 e. The normalized spacial score (nSPS) is 18.6. The molecule has 0 aromatic heterocycles. The molecule has 1 fully saturated rings. The Morgan fingerprint density at radius 1 is 1.10 bits per heavy atom. The van der Waals surface area contributed by atoms with Crippen LogP contribution in [-0.4, -0.2) is 85.0 Å². The first-order chi connectivity index (χ1) is 23.4. The second-order valence-electron chi connectivity index (χ2n) is 14.2. The quantitative estimate of drug-likeness (QED) is 0.226. The molecule has 13 heteroatoms. The number of carbonyl (C=O) groups is 3. The molecule has 1 heterocycles. The molecule has 1 spiro atoms. The van der Waals surface area contributed by atoms with Crippen LogP contribution in [0, 0.1) is 0 Å². The van der Waals surface area contributed by atoms with E-state index in [0.29, 0.717) is 24.0 Å². The van der Waals surface area contributed by atoms with E-state index in [1.807, 2.05) is 30.3 Å². The summed E-state index contributed by atoms with van der Waals surface area (Å²) in [5, 5.41) is 5.38. The third-order valence-corrected chi connectivity index (χ3v) is 11.3. The summed E-state index contributed by atoms with van der Waals surface area (Å²) in [4.78, 5) is 42.3. The summed E-state index contributed by atoms with van der Waals surface area (Å²) >= 11 is 6.27. The number of sulfonamides is 1. The van der Waals surface area contributed by atoms with Gasteiger partial charge < -0.3 is 25.0 Å². The van der Waals surface area contributed by atoms with Gasteiger partial charge in [0.1, 0.15) is 17.2 Å². The van der Waals surface area contributed by atoms with Crippen LogP contribution in [0.3, 0.4) is 0 Å². The van der Waals surface area contributed by atoms with E-state index in [-0.39, 0.29) is 31.2 Å². The van der Waals surface area contributed by atoms with Crippen LogP contribution in [0.15, 0.2) is 76.7 Å². The summed E-state index contributed by atoms with van der Waals surface area (Å²) in [7, 11) is -2.39. The van der Waals surface area contributed by atoms with E-state index in [0.717, 1.165) is 24.8 Å². The van der Waals surface area contributed by atoms with Gasteiger partial charge in [0.05, 0.1) is 23.7 Å². The predicted molar refractivity (Wildman–Crippen MR) is 197 cm³/mol. The Balaban J connectivity index is 2.02. The van der Waals surface area contributed by atoms with E-state index in [4.69, 9.17) is 21.1 Å². The molecule has 0 bridgehead atoms. The predicted octanol–water partition coefficient (Wildman–Crippen LogP) is 5.94. The number of hydrogen-bond acceptors (Lipinski definition) is 7. The molecule has 1 aromatic rings. The van der Waals surface area contributed by atoms with Crippen molar-refractivity contribution in [3.05, 3.63) is 82.3 Å². The summed E-state index contributed by atoms with van der Waals surface area (Å²) in [6.45, 7) is 13.9. The van der Waals surface area contributed by atoms with Crippen molar-refractivity contribution in [3.8, 4) is 0 Å². The Morgan fingerprint density at radius 2 is 1.74 bits per heavy atom. The van der Waals surface area contributed by atoms with Crippen LogP contribution >= 0.6 is 11.6 Å². The number of benzene rings is 1. The topological polar surface area (TPSA) is 134 Å². The van der Waals surface area contributed by atoms with Crippen LogP contribution in [-0.2, 0) is 35.7 Å². The molecule has 1 aromatic carbocycles. The number of amides is 3. The van der Waals surface area contributed by atoms with Crippen molar-refractivity contribution in [2.45, 2.75) is 103 Å². The van der Waals surface area contributed by atoms with Gasteiger partial charge in [-0.05, 0) is 65.5 Å². The van der Waals surface area contributed by atoms with Crippen LogP contribution in [0.1, 0.15) is 79.2 Å². The third kappa shape index (κ3) is 9.86. The van der Waals surface area contributed by atoms with Crippen molar-refractivity contribution >= 4 is 39.5 Å². The maximum atomic E-state index is 14.5. The van der Waals surface area contributed by atoms with E-state index >= 15 is 0 Å². The lowest BCUT2D eigenvalue weighted by atomic mass is 9.75. The molecule has 1 aliphatic heterocycles. The van der Waals surface area contributed by atoms with Crippen LogP contribution < -0.4 is 10.6 Å². The Morgan fingerprint density at radius 3 is 2.30 bits per heavy atom. The Labute approximate surface area is 302 Å². The van der Waals surface area contributed by atoms with Crippen molar-refractivity contribution in [3.63, 3.8) is 0 Å². The number of rotatable bonds is 14. The van der Waals surface area contributed by atoms with Gasteiger partial charge in [0.2, 0.25) is 21.8 Å². The average Bonchev–Trinajstić information content (AvgIpc) is 3.20. The van der Waals surface area contributed by atoms with Gasteiger partial charge in [-0.3, -0.25) is 9.59 Å². The van der Waals surface area contributed by atoms with Gasteiger partial charge in [-0.25, -0.2) is 13.2 Å². The fourth-order valence-corrected chi connectivity index (χ4v) is 8.57. The zero-order valence-corrected chi connectivity index (χ0v) is 32.0. The highest BCUT2D eigenvalue weighted by Crippen LogP contribution is 2.50. The Kier molecular flexibility index (Phi) is 14.1. The lowest BCUT2D eigenvalue weighted by molar-refractivity contribution is -0.139. The molecule has 2 aliphatic rings. The number of allylic oxidation sites excluding steroid dienone is 4. The Bertz CT molecular complexity index is 1590. The molecule has 50 heavy (non-hydrogen) atoms. The van der Waals surface area contributed by atoms with Crippen molar-refractivity contribution in [2.24, 2.45) is 0 Å². The highest BCUT2D eigenvalue weighted by Gasteiger charge is 2.54. The molecule has 0 radical (unpaired) electrons. The minimum absolute atomic E-state index is 0.0188. The van der Waals surface area contributed by atoms with Gasteiger partial charge in [0, 0.05) is 31.2 Å². The fourth-order valence-electron chi connectivity index (χ4n) is 6.31. The lowest BCUT2D eigenvalue weighted by Crippen LogP contribution is -2.61. The number of nitrogens with one attached hydrogen (secondary N) is 2. The maximum Gasteiger partial charge on any atom is 0.408 e. The summed E-state index contributed by atoms with van der Waals surface area (Å²) < 4.78 is 41.0.